The Kier molecular flexibility index (Phi) is 5.69. The van der Waals surface area contributed by atoms with Crippen LogP contribution in [0.5, 0.6) is 0 Å². The summed E-state index contributed by atoms with van der Waals surface area (Å²) in [5, 5.41) is 2.95. The van der Waals surface area contributed by atoms with Crippen molar-refractivity contribution in [3.8, 4) is 0 Å². The lowest BCUT2D eigenvalue weighted by Crippen LogP contribution is -2.25. The van der Waals surface area contributed by atoms with Crippen molar-refractivity contribution in [2.45, 2.75) is 40.0 Å². The maximum atomic E-state index is 11.9. The van der Waals surface area contributed by atoms with Crippen LogP contribution in [0.15, 0.2) is 18.2 Å². The highest BCUT2D eigenvalue weighted by atomic mass is 16.1. The second-order valence-corrected chi connectivity index (χ2v) is 5.22. The van der Waals surface area contributed by atoms with Crippen molar-refractivity contribution in [2.24, 2.45) is 5.92 Å². The number of amides is 1. The van der Waals surface area contributed by atoms with Gasteiger partial charge in [-0.25, -0.2) is 0 Å². The number of nitrogens with one attached hydrogen (secondary N) is 1. The second kappa shape index (κ2) is 7.04. The Morgan fingerprint density at radius 3 is 2.67 bits per heavy atom. The molecule has 1 rings (SSSR count). The summed E-state index contributed by atoms with van der Waals surface area (Å²) in [5.41, 5.74) is 8.00. The van der Waals surface area contributed by atoms with Gasteiger partial charge in [0.25, 0.3) is 5.91 Å². The second-order valence-electron chi connectivity index (χ2n) is 5.22. The van der Waals surface area contributed by atoms with Gasteiger partial charge in [0, 0.05) is 17.8 Å². The molecule has 3 N–H and O–H groups in total. The zero-order chi connectivity index (χ0) is 13.5. The Morgan fingerprint density at radius 2 is 2.06 bits per heavy atom. The smallest absolute Gasteiger partial charge is 0.251 e. The average molecular weight is 248 g/mol. The Balaban J connectivity index is 2.36. The van der Waals surface area contributed by atoms with Crippen molar-refractivity contribution in [2.75, 3.05) is 12.3 Å². The Bertz CT molecular complexity index is 399. The van der Waals surface area contributed by atoms with Crippen molar-refractivity contribution in [3.63, 3.8) is 0 Å². The SMILES string of the molecule is Cc1cc(N)ccc1C(=O)NCCCCC(C)C. The maximum absolute atomic E-state index is 11.9. The summed E-state index contributed by atoms with van der Waals surface area (Å²) in [6.45, 7) is 7.09. The zero-order valence-electron chi connectivity index (χ0n) is 11.6. The third-order valence-electron chi connectivity index (χ3n) is 2.99. The summed E-state index contributed by atoms with van der Waals surface area (Å²) < 4.78 is 0. The summed E-state index contributed by atoms with van der Waals surface area (Å²) >= 11 is 0. The number of anilines is 1. The lowest BCUT2D eigenvalue weighted by atomic mass is 10.1. The van der Waals surface area contributed by atoms with E-state index in [0.29, 0.717) is 11.3 Å². The number of nitrogens with two attached hydrogens (primary N) is 1. The third-order valence-corrected chi connectivity index (χ3v) is 2.99. The molecule has 0 aliphatic heterocycles. The van der Waals surface area contributed by atoms with E-state index in [1.54, 1.807) is 12.1 Å². The van der Waals surface area contributed by atoms with Crippen LogP contribution in [0, 0.1) is 12.8 Å². The molecule has 1 amide bonds. The predicted molar refractivity (Wildman–Crippen MR) is 76.6 cm³/mol. The van der Waals surface area contributed by atoms with Gasteiger partial charge in [-0.3, -0.25) is 4.79 Å². The first kappa shape index (κ1) is 14.6. The first-order valence-electron chi connectivity index (χ1n) is 6.65. The van der Waals surface area contributed by atoms with Gasteiger partial charge in [0.15, 0.2) is 0 Å². The van der Waals surface area contributed by atoms with Gasteiger partial charge in [-0.05, 0) is 43.0 Å². The van der Waals surface area contributed by atoms with Crippen molar-refractivity contribution in [3.05, 3.63) is 29.3 Å². The van der Waals surface area contributed by atoms with E-state index < -0.39 is 0 Å². The van der Waals surface area contributed by atoms with Crippen LogP contribution in [0.4, 0.5) is 5.69 Å². The standard InChI is InChI=1S/C15H24N2O/c1-11(2)6-4-5-9-17-15(18)14-8-7-13(16)10-12(14)3/h7-8,10-11H,4-6,9,16H2,1-3H3,(H,17,18). The van der Waals surface area contributed by atoms with Gasteiger partial charge in [0.1, 0.15) is 0 Å². The molecule has 3 nitrogen and oxygen atoms in total. The molecule has 0 saturated carbocycles. The van der Waals surface area contributed by atoms with Gasteiger partial charge in [-0.2, -0.15) is 0 Å². The number of hydrogen-bond acceptors (Lipinski definition) is 2. The number of rotatable bonds is 6. The van der Waals surface area contributed by atoms with E-state index in [4.69, 9.17) is 5.73 Å². The molecule has 0 aliphatic carbocycles. The van der Waals surface area contributed by atoms with Crippen molar-refractivity contribution in [1.82, 2.24) is 5.32 Å². The molecule has 100 valence electrons. The third kappa shape index (κ3) is 4.78. The highest BCUT2D eigenvalue weighted by Crippen LogP contribution is 2.12. The minimum atomic E-state index is -0.00273. The molecular weight excluding hydrogens is 224 g/mol. The summed E-state index contributed by atoms with van der Waals surface area (Å²) in [6, 6.07) is 5.38. The van der Waals surface area contributed by atoms with Crippen LogP contribution in [0.1, 0.15) is 49.0 Å². The van der Waals surface area contributed by atoms with E-state index in [9.17, 15) is 4.79 Å². The molecule has 1 aromatic rings. The van der Waals surface area contributed by atoms with E-state index in [2.05, 4.69) is 19.2 Å². The number of nitrogen functional groups attached to an aromatic ring is 1. The van der Waals surface area contributed by atoms with Gasteiger partial charge < -0.3 is 11.1 Å². The van der Waals surface area contributed by atoms with Gasteiger partial charge >= 0.3 is 0 Å². The molecule has 0 spiro atoms. The molecule has 0 saturated heterocycles. The normalized spacial score (nSPS) is 10.7. The summed E-state index contributed by atoms with van der Waals surface area (Å²) in [4.78, 5) is 11.9. The Labute approximate surface area is 110 Å². The molecule has 0 aliphatic rings. The minimum Gasteiger partial charge on any atom is -0.399 e. The Morgan fingerprint density at radius 1 is 1.33 bits per heavy atom. The molecule has 1 aromatic carbocycles. The van der Waals surface area contributed by atoms with Crippen LogP contribution in [-0.2, 0) is 0 Å². The maximum Gasteiger partial charge on any atom is 0.251 e. The molecule has 0 aromatic heterocycles. The molecule has 0 atom stereocenters. The topological polar surface area (TPSA) is 55.1 Å². The number of benzene rings is 1. The molecule has 0 bridgehead atoms. The van der Waals surface area contributed by atoms with Crippen molar-refractivity contribution < 1.29 is 4.79 Å². The van der Waals surface area contributed by atoms with Crippen LogP contribution in [0.2, 0.25) is 0 Å². The lowest BCUT2D eigenvalue weighted by Gasteiger charge is -2.09. The summed E-state index contributed by atoms with van der Waals surface area (Å²) in [5.74, 6) is 0.733. The average Bonchev–Trinajstić information content (AvgIpc) is 2.27. The Hall–Kier alpha value is -1.51. The van der Waals surface area contributed by atoms with E-state index in [0.717, 1.165) is 24.4 Å². The van der Waals surface area contributed by atoms with Gasteiger partial charge in [0.2, 0.25) is 0 Å². The molecule has 3 heteroatoms. The number of unbranched alkanes of at least 4 members (excludes halogenated alkanes) is 1. The minimum absolute atomic E-state index is 0.00273. The molecule has 0 unspecified atom stereocenters. The molecule has 0 fully saturated rings. The van der Waals surface area contributed by atoms with Gasteiger partial charge in [-0.15, -0.1) is 0 Å². The number of carbonyl (C=O) groups excluding carboxylic acids is 1. The highest BCUT2D eigenvalue weighted by molar-refractivity contribution is 5.95. The first-order valence-corrected chi connectivity index (χ1v) is 6.65. The van der Waals surface area contributed by atoms with Crippen LogP contribution in [0.25, 0.3) is 0 Å². The highest BCUT2D eigenvalue weighted by Gasteiger charge is 2.07. The monoisotopic (exact) mass is 248 g/mol. The predicted octanol–water partition coefficient (Wildman–Crippen LogP) is 3.13. The van der Waals surface area contributed by atoms with Crippen LogP contribution >= 0.6 is 0 Å². The number of hydrogen-bond donors (Lipinski definition) is 2. The van der Waals surface area contributed by atoms with E-state index >= 15 is 0 Å². The van der Waals surface area contributed by atoms with E-state index in [-0.39, 0.29) is 5.91 Å². The number of aryl methyl sites for hydroxylation is 1. The van der Waals surface area contributed by atoms with Crippen LogP contribution < -0.4 is 11.1 Å². The molecule has 0 heterocycles. The van der Waals surface area contributed by atoms with Crippen molar-refractivity contribution >= 4 is 11.6 Å². The molecule has 0 radical (unpaired) electrons. The zero-order valence-corrected chi connectivity index (χ0v) is 11.6. The fraction of sp³-hybridized carbons (Fsp3) is 0.533. The van der Waals surface area contributed by atoms with Gasteiger partial charge in [-0.1, -0.05) is 26.7 Å². The summed E-state index contributed by atoms with van der Waals surface area (Å²) in [7, 11) is 0. The number of carbonyl (C=O) groups is 1. The molecule has 18 heavy (non-hydrogen) atoms. The fourth-order valence-electron chi connectivity index (χ4n) is 1.92. The summed E-state index contributed by atoms with van der Waals surface area (Å²) in [6.07, 6.45) is 3.42. The van der Waals surface area contributed by atoms with Gasteiger partial charge in [0.05, 0.1) is 0 Å². The van der Waals surface area contributed by atoms with E-state index in [1.165, 1.54) is 12.8 Å². The lowest BCUT2D eigenvalue weighted by molar-refractivity contribution is 0.0952. The van der Waals surface area contributed by atoms with Crippen molar-refractivity contribution in [1.29, 1.82) is 0 Å². The van der Waals surface area contributed by atoms with Crippen LogP contribution in [0.3, 0.4) is 0 Å². The van der Waals surface area contributed by atoms with Crippen LogP contribution in [-0.4, -0.2) is 12.5 Å². The quantitative estimate of drug-likeness (QED) is 0.600. The fourth-order valence-corrected chi connectivity index (χ4v) is 1.92. The first-order chi connectivity index (χ1) is 8.50. The largest absolute Gasteiger partial charge is 0.399 e. The molecular formula is C15H24N2O. The van der Waals surface area contributed by atoms with E-state index in [1.807, 2.05) is 13.0 Å².